The van der Waals surface area contributed by atoms with E-state index in [9.17, 15) is 4.79 Å². The van der Waals surface area contributed by atoms with Gasteiger partial charge >= 0.3 is 0 Å². The molecule has 11 heteroatoms. The van der Waals surface area contributed by atoms with Crippen LogP contribution in [0.2, 0.25) is 0 Å². The van der Waals surface area contributed by atoms with Crippen molar-refractivity contribution in [1.29, 1.82) is 0 Å². The average molecular weight is 579 g/mol. The van der Waals surface area contributed by atoms with Gasteiger partial charge in [-0.05, 0) is 24.5 Å². The molecular weight excluding hydrogens is 532 g/mol. The molecule has 1 unspecified atom stereocenters. The molecule has 214 valence electrons. The Morgan fingerprint density at radius 3 is 2.35 bits per heavy atom. The van der Waals surface area contributed by atoms with Crippen LogP contribution in [-0.2, 0) is 18.9 Å². The van der Waals surface area contributed by atoms with Crippen molar-refractivity contribution in [3.63, 3.8) is 0 Å². The number of nitrogens with one attached hydrogen (secondary N) is 2. The van der Waals surface area contributed by atoms with Gasteiger partial charge in [0.1, 0.15) is 17.8 Å². The maximum Gasteiger partial charge on any atom is 0.251 e. The minimum absolute atomic E-state index is 0.0985. The molecule has 0 aliphatic heterocycles. The quantitative estimate of drug-likeness (QED) is 0.115. The molecule has 1 aromatic carbocycles. The smallest absolute Gasteiger partial charge is 0.251 e. The molecule has 1 aromatic rings. The van der Waals surface area contributed by atoms with Crippen LogP contribution in [0.5, 0.6) is 5.75 Å². The van der Waals surface area contributed by atoms with Crippen LogP contribution < -0.4 is 15.4 Å². The van der Waals surface area contributed by atoms with Gasteiger partial charge < -0.3 is 34.3 Å². The van der Waals surface area contributed by atoms with Crippen molar-refractivity contribution >= 4 is 39.3 Å². The Labute approximate surface area is 235 Å². The fourth-order valence-electron chi connectivity index (χ4n) is 2.65. The highest BCUT2D eigenvalue weighted by Crippen LogP contribution is 2.38. The lowest BCUT2D eigenvalue weighted by Gasteiger charge is -2.22. The van der Waals surface area contributed by atoms with Crippen LogP contribution in [0.4, 0.5) is 0 Å². The number of thioether (sulfide) groups is 1. The zero-order chi connectivity index (χ0) is 27.4. The van der Waals surface area contributed by atoms with Crippen LogP contribution in [-0.4, -0.2) is 93.7 Å². The third-order valence-corrected chi connectivity index (χ3v) is 8.24. The maximum absolute atomic E-state index is 12.5. The van der Waals surface area contributed by atoms with Crippen LogP contribution in [0.15, 0.2) is 24.3 Å². The standard InChI is InChI=1S/C26H46N2O6S3/c1-21(2)27-10-12-30-14-15-31-13-11-28-25(29)22-8-7-9-23(18-22)34-19-24(36-37-26(3,4)5)33-17-16-32-20-35-6/h7-9,18,21,24,27H,10-17,19-20H2,1-6H3,(H,28,29). The van der Waals surface area contributed by atoms with Crippen LogP contribution in [0, 0.1) is 0 Å². The average Bonchev–Trinajstić information content (AvgIpc) is 2.85. The van der Waals surface area contributed by atoms with Gasteiger partial charge in [-0.1, -0.05) is 62.3 Å². The largest absolute Gasteiger partial charge is 0.490 e. The lowest BCUT2D eigenvalue weighted by atomic mass is 10.2. The number of amides is 1. The van der Waals surface area contributed by atoms with Gasteiger partial charge in [0.15, 0.2) is 0 Å². The SMILES string of the molecule is CSCOCCOC(COc1cccc(C(=O)NCCOCCOCCNC(C)C)c1)SSC(C)(C)C. The fraction of sp³-hybridized carbons (Fsp3) is 0.731. The lowest BCUT2D eigenvalue weighted by molar-refractivity contribution is 0.0350. The number of hydrogen-bond acceptors (Lipinski definition) is 10. The summed E-state index contributed by atoms with van der Waals surface area (Å²) in [5.41, 5.74) is 0.380. The Morgan fingerprint density at radius 2 is 1.68 bits per heavy atom. The normalized spacial score (nSPS) is 12.6. The first-order valence-corrected chi connectivity index (χ1v) is 16.2. The van der Waals surface area contributed by atoms with Gasteiger partial charge in [0.25, 0.3) is 5.91 Å². The van der Waals surface area contributed by atoms with E-state index in [0.717, 1.165) is 6.54 Å². The summed E-state index contributed by atoms with van der Waals surface area (Å²) < 4.78 is 28.6. The summed E-state index contributed by atoms with van der Waals surface area (Å²) >= 11 is 1.64. The Balaban J connectivity index is 2.36. The predicted molar refractivity (Wildman–Crippen MR) is 158 cm³/mol. The van der Waals surface area contributed by atoms with Crippen LogP contribution >= 0.6 is 33.3 Å². The van der Waals surface area contributed by atoms with Crippen LogP contribution in [0.1, 0.15) is 45.0 Å². The van der Waals surface area contributed by atoms with E-state index in [1.165, 1.54) is 0 Å². The third kappa shape index (κ3) is 20.0. The van der Waals surface area contributed by atoms with E-state index in [1.54, 1.807) is 45.5 Å². The number of carbonyl (C=O) groups excluding carboxylic acids is 1. The molecule has 0 spiro atoms. The summed E-state index contributed by atoms with van der Waals surface area (Å²) in [5.74, 6) is 1.11. The maximum atomic E-state index is 12.5. The number of rotatable bonds is 22. The van der Waals surface area contributed by atoms with E-state index < -0.39 is 0 Å². The molecule has 0 saturated carbocycles. The summed E-state index contributed by atoms with van der Waals surface area (Å²) in [4.78, 5) is 12.5. The Morgan fingerprint density at radius 1 is 0.973 bits per heavy atom. The molecule has 0 fully saturated rings. The van der Waals surface area contributed by atoms with Gasteiger partial charge in [0.05, 0.1) is 45.6 Å². The minimum atomic E-state index is -0.165. The van der Waals surface area contributed by atoms with E-state index in [4.69, 9.17) is 23.7 Å². The zero-order valence-electron chi connectivity index (χ0n) is 23.2. The third-order valence-electron chi connectivity index (χ3n) is 4.32. The van der Waals surface area contributed by atoms with E-state index in [0.29, 0.717) is 76.1 Å². The Kier molecular flexibility index (Phi) is 19.7. The summed E-state index contributed by atoms with van der Waals surface area (Å²) in [6, 6.07) is 7.63. The first-order chi connectivity index (χ1) is 17.7. The highest BCUT2D eigenvalue weighted by Gasteiger charge is 2.18. The van der Waals surface area contributed by atoms with Crippen molar-refractivity contribution in [2.24, 2.45) is 0 Å². The van der Waals surface area contributed by atoms with Gasteiger partial charge in [0.2, 0.25) is 0 Å². The molecule has 37 heavy (non-hydrogen) atoms. The predicted octanol–water partition coefficient (Wildman–Crippen LogP) is 4.69. The van der Waals surface area contributed by atoms with Crippen molar-refractivity contribution in [1.82, 2.24) is 10.6 Å². The molecule has 1 amide bonds. The summed E-state index contributed by atoms with van der Waals surface area (Å²) in [7, 11) is 3.40. The van der Waals surface area contributed by atoms with E-state index in [2.05, 4.69) is 45.3 Å². The first-order valence-electron chi connectivity index (χ1n) is 12.6. The van der Waals surface area contributed by atoms with Gasteiger partial charge in [-0.15, -0.1) is 11.8 Å². The summed E-state index contributed by atoms with van der Waals surface area (Å²) in [5, 5.41) is 6.17. The second-order valence-corrected chi connectivity index (χ2v) is 13.3. The zero-order valence-corrected chi connectivity index (χ0v) is 25.7. The Bertz CT molecular complexity index is 722. The molecule has 0 bridgehead atoms. The van der Waals surface area contributed by atoms with Crippen molar-refractivity contribution in [2.45, 2.75) is 50.8 Å². The second kappa shape index (κ2) is 21.2. The topological polar surface area (TPSA) is 87.3 Å². The molecular formula is C26H46N2O6S3. The summed E-state index contributed by atoms with van der Waals surface area (Å²) in [6.45, 7) is 15.5. The number of benzene rings is 1. The second-order valence-electron chi connectivity index (χ2n) is 9.34. The van der Waals surface area contributed by atoms with Crippen molar-refractivity contribution in [2.75, 3.05) is 71.5 Å². The summed E-state index contributed by atoms with van der Waals surface area (Å²) in [6.07, 6.45) is 2.00. The van der Waals surface area contributed by atoms with Gasteiger partial charge in [0, 0.05) is 29.4 Å². The monoisotopic (exact) mass is 578 g/mol. The number of carbonyl (C=O) groups is 1. The molecule has 0 aromatic heterocycles. The molecule has 0 saturated heterocycles. The van der Waals surface area contributed by atoms with Crippen molar-refractivity contribution in [3.05, 3.63) is 29.8 Å². The van der Waals surface area contributed by atoms with Crippen LogP contribution in [0.25, 0.3) is 0 Å². The number of ether oxygens (including phenoxy) is 5. The molecule has 0 heterocycles. The van der Waals surface area contributed by atoms with Gasteiger partial charge in [-0.2, -0.15) is 0 Å². The van der Waals surface area contributed by atoms with Gasteiger partial charge in [-0.25, -0.2) is 0 Å². The Hall–Kier alpha value is -0.660. The fourth-order valence-corrected chi connectivity index (χ4v) is 5.13. The van der Waals surface area contributed by atoms with E-state index >= 15 is 0 Å². The molecule has 1 rings (SSSR count). The highest BCUT2D eigenvalue weighted by molar-refractivity contribution is 8.77. The minimum Gasteiger partial charge on any atom is -0.490 e. The molecule has 2 N–H and O–H groups in total. The molecule has 1 atom stereocenters. The first kappa shape index (κ1) is 34.4. The highest BCUT2D eigenvalue weighted by atomic mass is 33.1. The van der Waals surface area contributed by atoms with Gasteiger partial charge in [-0.3, -0.25) is 4.79 Å². The number of hydrogen-bond donors (Lipinski definition) is 2. The molecule has 0 radical (unpaired) electrons. The molecule has 8 nitrogen and oxygen atoms in total. The van der Waals surface area contributed by atoms with E-state index in [-0.39, 0.29) is 16.1 Å². The van der Waals surface area contributed by atoms with E-state index in [1.807, 2.05) is 18.4 Å². The molecule has 0 aliphatic carbocycles. The van der Waals surface area contributed by atoms with Crippen molar-refractivity contribution in [3.8, 4) is 5.75 Å². The molecule has 0 aliphatic rings. The van der Waals surface area contributed by atoms with Crippen molar-refractivity contribution < 1.29 is 28.5 Å². The lowest BCUT2D eigenvalue weighted by Crippen LogP contribution is -2.28. The van der Waals surface area contributed by atoms with Crippen LogP contribution in [0.3, 0.4) is 0 Å².